The Morgan fingerprint density at radius 3 is 2.25 bits per heavy atom. The summed E-state index contributed by atoms with van der Waals surface area (Å²) < 4.78 is 5.34. The molecule has 0 bridgehead atoms. The van der Waals surface area contributed by atoms with Gasteiger partial charge in [-0.1, -0.05) is 12.2 Å². The lowest BCUT2D eigenvalue weighted by atomic mass is 9.79. The van der Waals surface area contributed by atoms with E-state index in [0.717, 1.165) is 12.8 Å². The van der Waals surface area contributed by atoms with Crippen molar-refractivity contribution in [1.29, 1.82) is 0 Å². The number of rotatable bonds is 2. The molecule has 0 aromatic rings. The van der Waals surface area contributed by atoms with E-state index in [-0.39, 0.29) is 5.78 Å². The van der Waals surface area contributed by atoms with Crippen LogP contribution >= 0.6 is 0 Å². The minimum atomic E-state index is -1.08. The standard InChI is InChI=1S/C13H20O3/c1-9-7-6-8-13(9,10(2)14)11(15)16-12(3,4)5/h1,6-8H2,2-5H3/t13-/m1/s1. The lowest BCUT2D eigenvalue weighted by molar-refractivity contribution is -0.167. The number of ketones is 1. The zero-order valence-electron chi connectivity index (χ0n) is 10.6. The van der Waals surface area contributed by atoms with E-state index >= 15 is 0 Å². The summed E-state index contributed by atoms with van der Waals surface area (Å²) in [5, 5.41) is 0. The molecule has 1 aliphatic carbocycles. The summed E-state index contributed by atoms with van der Waals surface area (Å²) >= 11 is 0. The third kappa shape index (κ3) is 2.18. The third-order valence-corrected chi connectivity index (χ3v) is 2.98. The van der Waals surface area contributed by atoms with Crippen molar-refractivity contribution >= 4 is 11.8 Å². The summed E-state index contributed by atoms with van der Waals surface area (Å²) in [4.78, 5) is 23.9. The Labute approximate surface area is 96.9 Å². The van der Waals surface area contributed by atoms with Gasteiger partial charge in [0, 0.05) is 0 Å². The highest BCUT2D eigenvalue weighted by Crippen LogP contribution is 2.44. The van der Waals surface area contributed by atoms with Crippen molar-refractivity contribution in [3.8, 4) is 0 Å². The fourth-order valence-electron chi connectivity index (χ4n) is 2.14. The molecule has 1 saturated carbocycles. The summed E-state index contributed by atoms with van der Waals surface area (Å²) in [5.41, 5.74) is -0.940. The quantitative estimate of drug-likeness (QED) is 0.411. The van der Waals surface area contributed by atoms with Crippen molar-refractivity contribution in [1.82, 2.24) is 0 Å². The van der Waals surface area contributed by atoms with E-state index in [9.17, 15) is 9.59 Å². The van der Waals surface area contributed by atoms with Crippen LogP contribution in [0.15, 0.2) is 12.2 Å². The van der Waals surface area contributed by atoms with Crippen molar-refractivity contribution in [2.75, 3.05) is 0 Å². The average molecular weight is 224 g/mol. The molecule has 3 nitrogen and oxygen atoms in total. The SMILES string of the molecule is C=C1CCC[C@@]1(C(C)=O)C(=O)OC(C)(C)C. The van der Waals surface area contributed by atoms with Gasteiger partial charge >= 0.3 is 5.97 Å². The van der Waals surface area contributed by atoms with Crippen LogP contribution in [0.25, 0.3) is 0 Å². The molecule has 1 rings (SSSR count). The predicted molar refractivity (Wildman–Crippen MR) is 62.0 cm³/mol. The molecular formula is C13H20O3. The van der Waals surface area contributed by atoms with Gasteiger partial charge in [0.1, 0.15) is 11.0 Å². The van der Waals surface area contributed by atoms with Gasteiger partial charge < -0.3 is 4.74 Å². The highest BCUT2D eigenvalue weighted by Gasteiger charge is 2.50. The zero-order valence-corrected chi connectivity index (χ0v) is 10.6. The Balaban J connectivity index is 3.00. The fraction of sp³-hybridized carbons (Fsp3) is 0.692. The van der Waals surface area contributed by atoms with E-state index in [1.165, 1.54) is 6.92 Å². The van der Waals surface area contributed by atoms with Crippen LogP contribution in [0.3, 0.4) is 0 Å². The van der Waals surface area contributed by atoms with Crippen LogP contribution in [0.1, 0.15) is 47.0 Å². The molecule has 0 radical (unpaired) electrons. The molecule has 0 spiro atoms. The Morgan fingerprint density at radius 1 is 1.38 bits per heavy atom. The maximum Gasteiger partial charge on any atom is 0.324 e. The Bertz CT molecular complexity index is 336. The second-order valence-corrected chi connectivity index (χ2v) is 5.42. The van der Waals surface area contributed by atoms with Gasteiger partial charge in [0.25, 0.3) is 0 Å². The molecule has 0 amide bonds. The van der Waals surface area contributed by atoms with Crippen LogP contribution < -0.4 is 0 Å². The van der Waals surface area contributed by atoms with E-state index in [1.54, 1.807) is 20.8 Å². The first kappa shape index (κ1) is 12.9. The Morgan fingerprint density at radius 2 is 1.94 bits per heavy atom. The number of hydrogen-bond acceptors (Lipinski definition) is 3. The highest BCUT2D eigenvalue weighted by molar-refractivity contribution is 6.06. The van der Waals surface area contributed by atoms with Gasteiger partial charge in [0.2, 0.25) is 0 Å². The van der Waals surface area contributed by atoms with Gasteiger partial charge in [0.15, 0.2) is 5.78 Å². The van der Waals surface area contributed by atoms with E-state index in [2.05, 4.69) is 6.58 Å². The van der Waals surface area contributed by atoms with Crippen molar-refractivity contribution in [2.45, 2.75) is 52.6 Å². The van der Waals surface area contributed by atoms with Crippen LogP contribution in [-0.2, 0) is 14.3 Å². The molecule has 1 aliphatic rings. The second kappa shape index (κ2) is 4.04. The second-order valence-electron chi connectivity index (χ2n) is 5.42. The number of hydrogen-bond donors (Lipinski definition) is 0. The molecule has 16 heavy (non-hydrogen) atoms. The maximum absolute atomic E-state index is 12.1. The summed E-state index contributed by atoms with van der Waals surface area (Å²) in [6, 6.07) is 0. The van der Waals surface area contributed by atoms with Crippen LogP contribution in [0.2, 0.25) is 0 Å². The fourth-order valence-corrected chi connectivity index (χ4v) is 2.14. The smallest absolute Gasteiger partial charge is 0.324 e. The van der Waals surface area contributed by atoms with Gasteiger partial charge in [0.05, 0.1) is 0 Å². The number of carbonyl (C=O) groups is 2. The minimum Gasteiger partial charge on any atom is -0.459 e. The van der Waals surface area contributed by atoms with Gasteiger partial charge in [-0.05, 0) is 47.0 Å². The van der Waals surface area contributed by atoms with Crippen molar-refractivity contribution in [3.63, 3.8) is 0 Å². The first-order valence-corrected chi connectivity index (χ1v) is 5.63. The Kier molecular flexibility index (Phi) is 3.27. The monoisotopic (exact) mass is 224 g/mol. The molecule has 0 aliphatic heterocycles. The predicted octanol–water partition coefficient (Wildman–Crippen LogP) is 2.64. The summed E-state index contributed by atoms with van der Waals surface area (Å²) in [6.07, 6.45) is 2.10. The topological polar surface area (TPSA) is 43.4 Å². The summed E-state index contributed by atoms with van der Waals surface area (Å²) in [5.74, 6) is -0.584. The van der Waals surface area contributed by atoms with Crippen molar-refractivity contribution < 1.29 is 14.3 Å². The van der Waals surface area contributed by atoms with Gasteiger partial charge in [-0.2, -0.15) is 0 Å². The van der Waals surface area contributed by atoms with Crippen LogP contribution in [0.4, 0.5) is 0 Å². The molecule has 0 heterocycles. The van der Waals surface area contributed by atoms with E-state index < -0.39 is 17.0 Å². The molecular weight excluding hydrogens is 204 g/mol. The largest absolute Gasteiger partial charge is 0.459 e. The lowest BCUT2D eigenvalue weighted by Gasteiger charge is -2.30. The van der Waals surface area contributed by atoms with Crippen LogP contribution in [-0.4, -0.2) is 17.4 Å². The minimum absolute atomic E-state index is 0.149. The van der Waals surface area contributed by atoms with E-state index in [4.69, 9.17) is 4.74 Å². The lowest BCUT2D eigenvalue weighted by Crippen LogP contribution is -2.41. The van der Waals surface area contributed by atoms with Crippen LogP contribution in [0.5, 0.6) is 0 Å². The number of esters is 1. The highest BCUT2D eigenvalue weighted by atomic mass is 16.6. The molecule has 0 N–H and O–H groups in total. The molecule has 0 saturated heterocycles. The van der Waals surface area contributed by atoms with Gasteiger partial charge in [-0.3, -0.25) is 9.59 Å². The number of carbonyl (C=O) groups excluding carboxylic acids is 2. The molecule has 0 unspecified atom stereocenters. The zero-order chi connectivity index (χ0) is 12.6. The van der Waals surface area contributed by atoms with Gasteiger partial charge in [-0.25, -0.2) is 0 Å². The number of Topliss-reactive ketones (excluding diaryl/α,β-unsaturated/α-hetero) is 1. The van der Waals surface area contributed by atoms with Crippen molar-refractivity contribution in [2.24, 2.45) is 5.41 Å². The summed E-state index contributed by atoms with van der Waals surface area (Å²) in [7, 11) is 0. The Hall–Kier alpha value is -1.12. The molecule has 90 valence electrons. The normalized spacial score (nSPS) is 25.6. The van der Waals surface area contributed by atoms with Gasteiger partial charge in [-0.15, -0.1) is 0 Å². The first-order chi connectivity index (χ1) is 7.20. The first-order valence-electron chi connectivity index (χ1n) is 5.63. The van der Waals surface area contributed by atoms with E-state index in [1.807, 2.05) is 0 Å². The van der Waals surface area contributed by atoms with Crippen molar-refractivity contribution in [3.05, 3.63) is 12.2 Å². The van der Waals surface area contributed by atoms with Crippen LogP contribution in [0, 0.1) is 5.41 Å². The molecule has 3 heteroatoms. The molecule has 0 aromatic carbocycles. The maximum atomic E-state index is 12.1. The van der Waals surface area contributed by atoms with E-state index in [0.29, 0.717) is 12.0 Å². The average Bonchev–Trinajstić information content (AvgIpc) is 2.44. The molecule has 1 fully saturated rings. The molecule has 1 atom stereocenters. The molecule has 0 aromatic heterocycles. The summed E-state index contributed by atoms with van der Waals surface area (Å²) in [6.45, 7) is 10.7. The third-order valence-electron chi connectivity index (χ3n) is 2.98. The number of ether oxygens (including phenoxy) is 1.